The van der Waals surface area contributed by atoms with Crippen LogP contribution in [0.1, 0.15) is 17.0 Å². The van der Waals surface area contributed by atoms with Gasteiger partial charge in [-0.05, 0) is 60.5 Å². The number of rotatable bonds is 4. The minimum Gasteiger partial charge on any atom is -0.291 e. The number of halogens is 1. The molecule has 1 aromatic carbocycles. The standard InChI is InChI=1S/C24H22FN5/c1-17-13-20(8-10-27-17)23-22-16-29(15-18-3-2-9-26-14-18)11-12-30(22)28-24(23)19-4-6-21(25)7-5-19/h2-10,13-14H,11-12,15-16H2,1H3. The van der Waals surface area contributed by atoms with Gasteiger partial charge < -0.3 is 0 Å². The van der Waals surface area contributed by atoms with Gasteiger partial charge in [-0.1, -0.05) is 6.07 Å². The zero-order valence-corrected chi connectivity index (χ0v) is 16.8. The van der Waals surface area contributed by atoms with Crippen LogP contribution >= 0.6 is 0 Å². The van der Waals surface area contributed by atoms with Gasteiger partial charge in [-0.15, -0.1) is 0 Å². The summed E-state index contributed by atoms with van der Waals surface area (Å²) in [5, 5.41) is 4.93. The van der Waals surface area contributed by atoms with Crippen molar-refractivity contribution < 1.29 is 4.39 Å². The summed E-state index contributed by atoms with van der Waals surface area (Å²) >= 11 is 0. The smallest absolute Gasteiger partial charge is 0.123 e. The van der Waals surface area contributed by atoms with E-state index in [1.165, 1.54) is 23.4 Å². The molecule has 0 spiro atoms. The molecule has 6 heteroatoms. The van der Waals surface area contributed by atoms with Crippen LogP contribution in [-0.2, 0) is 19.6 Å². The third kappa shape index (κ3) is 3.62. The minimum atomic E-state index is -0.244. The summed E-state index contributed by atoms with van der Waals surface area (Å²) in [6, 6.07) is 14.8. The van der Waals surface area contributed by atoms with E-state index in [2.05, 4.69) is 31.7 Å². The molecule has 0 saturated heterocycles. The molecule has 150 valence electrons. The molecule has 0 bridgehead atoms. The summed E-state index contributed by atoms with van der Waals surface area (Å²) in [6.07, 6.45) is 5.55. The molecule has 0 saturated carbocycles. The number of hydrogen-bond acceptors (Lipinski definition) is 4. The normalized spacial score (nSPS) is 13.9. The summed E-state index contributed by atoms with van der Waals surface area (Å²) in [5.74, 6) is -0.244. The van der Waals surface area contributed by atoms with Gasteiger partial charge >= 0.3 is 0 Å². The predicted octanol–water partition coefficient (Wildman–Crippen LogP) is 4.47. The summed E-state index contributed by atoms with van der Waals surface area (Å²) in [7, 11) is 0. The zero-order valence-electron chi connectivity index (χ0n) is 16.8. The number of benzene rings is 1. The summed E-state index contributed by atoms with van der Waals surface area (Å²) < 4.78 is 15.6. The van der Waals surface area contributed by atoms with E-state index in [4.69, 9.17) is 5.10 Å². The largest absolute Gasteiger partial charge is 0.291 e. The van der Waals surface area contributed by atoms with Gasteiger partial charge in [-0.3, -0.25) is 19.5 Å². The average Bonchev–Trinajstić information content (AvgIpc) is 3.14. The lowest BCUT2D eigenvalue weighted by Gasteiger charge is -2.28. The molecule has 0 amide bonds. The molecule has 0 unspecified atom stereocenters. The maximum Gasteiger partial charge on any atom is 0.123 e. The van der Waals surface area contributed by atoms with Crippen LogP contribution in [0.4, 0.5) is 4.39 Å². The van der Waals surface area contributed by atoms with Crippen LogP contribution in [0.5, 0.6) is 0 Å². The molecule has 1 aliphatic rings. The number of fused-ring (bicyclic) bond motifs is 1. The fourth-order valence-corrected chi connectivity index (χ4v) is 4.07. The second-order valence-corrected chi connectivity index (χ2v) is 7.66. The van der Waals surface area contributed by atoms with E-state index in [0.717, 1.165) is 54.3 Å². The first-order chi connectivity index (χ1) is 14.7. The Morgan fingerprint density at radius 2 is 1.87 bits per heavy atom. The molecule has 0 fully saturated rings. The van der Waals surface area contributed by atoms with Crippen molar-refractivity contribution in [3.63, 3.8) is 0 Å². The van der Waals surface area contributed by atoms with Crippen molar-refractivity contribution >= 4 is 0 Å². The maximum absolute atomic E-state index is 13.5. The van der Waals surface area contributed by atoms with Crippen molar-refractivity contribution in [3.8, 4) is 22.4 Å². The lowest BCUT2D eigenvalue weighted by molar-refractivity contribution is 0.205. The van der Waals surface area contributed by atoms with Crippen molar-refractivity contribution in [1.82, 2.24) is 24.6 Å². The Bertz CT molecular complexity index is 1170. The average molecular weight is 399 g/mol. The molecule has 0 N–H and O–H groups in total. The molecular weight excluding hydrogens is 377 g/mol. The fourth-order valence-electron chi connectivity index (χ4n) is 4.07. The number of aromatic nitrogens is 4. The molecule has 1 aliphatic heterocycles. The summed E-state index contributed by atoms with van der Waals surface area (Å²) in [5.41, 5.74) is 7.33. The van der Waals surface area contributed by atoms with Crippen LogP contribution in [0.25, 0.3) is 22.4 Å². The van der Waals surface area contributed by atoms with E-state index < -0.39 is 0 Å². The predicted molar refractivity (Wildman–Crippen MR) is 114 cm³/mol. The monoisotopic (exact) mass is 399 g/mol. The molecule has 30 heavy (non-hydrogen) atoms. The van der Waals surface area contributed by atoms with Crippen molar-refractivity contribution in [1.29, 1.82) is 0 Å². The van der Waals surface area contributed by atoms with Crippen molar-refractivity contribution in [3.05, 3.63) is 89.9 Å². The summed E-state index contributed by atoms with van der Waals surface area (Å²) in [6.45, 7) is 5.36. The van der Waals surface area contributed by atoms with Crippen LogP contribution < -0.4 is 0 Å². The lowest BCUT2D eigenvalue weighted by Crippen LogP contribution is -2.33. The second kappa shape index (κ2) is 7.80. The molecule has 5 rings (SSSR count). The van der Waals surface area contributed by atoms with Gasteiger partial charge in [0.05, 0.1) is 12.2 Å². The van der Waals surface area contributed by atoms with Crippen LogP contribution in [0, 0.1) is 12.7 Å². The molecule has 0 atom stereocenters. The van der Waals surface area contributed by atoms with Crippen molar-refractivity contribution in [2.24, 2.45) is 0 Å². The molecule has 0 radical (unpaired) electrons. The van der Waals surface area contributed by atoms with Crippen LogP contribution in [-0.4, -0.2) is 31.2 Å². The van der Waals surface area contributed by atoms with Crippen molar-refractivity contribution in [2.45, 2.75) is 26.6 Å². The van der Waals surface area contributed by atoms with Gasteiger partial charge in [-0.25, -0.2) is 4.39 Å². The highest BCUT2D eigenvalue weighted by Gasteiger charge is 2.26. The van der Waals surface area contributed by atoms with Gasteiger partial charge in [-0.2, -0.15) is 5.10 Å². The molecular formula is C24H22FN5. The molecule has 4 aromatic rings. The highest BCUT2D eigenvalue weighted by molar-refractivity contribution is 5.83. The molecule has 0 aliphatic carbocycles. The van der Waals surface area contributed by atoms with Gasteiger partial charge in [0.1, 0.15) is 11.5 Å². The summed E-state index contributed by atoms with van der Waals surface area (Å²) in [4.78, 5) is 11.0. The highest BCUT2D eigenvalue weighted by atomic mass is 19.1. The Labute approximate surface area is 174 Å². The third-order valence-corrected chi connectivity index (χ3v) is 5.49. The quantitative estimate of drug-likeness (QED) is 0.508. The Hall–Kier alpha value is -3.38. The maximum atomic E-state index is 13.5. The van der Waals surface area contributed by atoms with Crippen molar-refractivity contribution in [2.75, 3.05) is 6.54 Å². The first-order valence-electron chi connectivity index (χ1n) is 10.1. The topological polar surface area (TPSA) is 46.8 Å². The third-order valence-electron chi connectivity index (χ3n) is 5.49. The Balaban J connectivity index is 1.58. The highest BCUT2D eigenvalue weighted by Crippen LogP contribution is 2.36. The Morgan fingerprint density at radius 3 is 2.63 bits per heavy atom. The zero-order chi connectivity index (χ0) is 20.5. The molecule has 3 aromatic heterocycles. The fraction of sp³-hybridized carbons (Fsp3) is 0.208. The van der Waals surface area contributed by atoms with Gasteiger partial charge in [0.15, 0.2) is 0 Å². The Kier molecular flexibility index (Phi) is 4.85. The van der Waals surface area contributed by atoms with Gasteiger partial charge in [0, 0.05) is 55.0 Å². The van der Waals surface area contributed by atoms with E-state index in [1.54, 1.807) is 18.3 Å². The number of nitrogens with zero attached hydrogens (tertiary/aromatic N) is 5. The lowest BCUT2D eigenvalue weighted by atomic mass is 9.98. The van der Waals surface area contributed by atoms with Crippen LogP contribution in [0.2, 0.25) is 0 Å². The van der Waals surface area contributed by atoms with E-state index >= 15 is 0 Å². The number of pyridine rings is 2. The van der Waals surface area contributed by atoms with E-state index in [0.29, 0.717) is 0 Å². The van der Waals surface area contributed by atoms with Crippen LogP contribution in [0.15, 0.2) is 67.1 Å². The van der Waals surface area contributed by atoms with E-state index in [1.807, 2.05) is 31.5 Å². The molecule has 5 nitrogen and oxygen atoms in total. The Morgan fingerprint density at radius 1 is 1.00 bits per heavy atom. The second-order valence-electron chi connectivity index (χ2n) is 7.66. The van der Waals surface area contributed by atoms with Gasteiger partial charge in [0.25, 0.3) is 0 Å². The van der Waals surface area contributed by atoms with Crippen LogP contribution in [0.3, 0.4) is 0 Å². The first kappa shape index (κ1) is 18.6. The SMILES string of the molecule is Cc1cc(-c2c(-c3ccc(F)cc3)nn3c2CN(Cc2cccnc2)CC3)ccn1. The molecule has 4 heterocycles. The van der Waals surface area contributed by atoms with E-state index in [-0.39, 0.29) is 5.82 Å². The van der Waals surface area contributed by atoms with Gasteiger partial charge in [0.2, 0.25) is 0 Å². The van der Waals surface area contributed by atoms with E-state index in [9.17, 15) is 4.39 Å². The first-order valence-corrected chi connectivity index (χ1v) is 10.1. The minimum absolute atomic E-state index is 0.244. The number of aryl methyl sites for hydroxylation is 1. The number of hydrogen-bond donors (Lipinski definition) is 0.